The molecule has 0 saturated heterocycles. The summed E-state index contributed by atoms with van der Waals surface area (Å²) >= 11 is 0. The van der Waals surface area contributed by atoms with E-state index in [0.717, 1.165) is 31.6 Å². The molecule has 90 valence electrons. The van der Waals surface area contributed by atoms with Gasteiger partial charge in [0, 0.05) is 7.05 Å². The molecule has 1 aromatic heterocycles. The summed E-state index contributed by atoms with van der Waals surface area (Å²) in [5.41, 5.74) is 1.40. The summed E-state index contributed by atoms with van der Waals surface area (Å²) in [5, 5.41) is 4.05. The maximum atomic E-state index is 5.58. The fourth-order valence-electron chi connectivity index (χ4n) is 1.74. The van der Waals surface area contributed by atoms with E-state index in [2.05, 4.69) is 35.4 Å². The van der Waals surface area contributed by atoms with Crippen molar-refractivity contribution >= 4 is 0 Å². The van der Waals surface area contributed by atoms with Crippen molar-refractivity contribution in [2.24, 2.45) is 7.05 Å². The van der Waals surface area contributed by atoms with Crippen molar-refractivity contribution in [1.82, 2.24) is 9.78 Å². The SMILES string of the molecule is Cn1cc(OCCCCc2ccccc2)cn1. The molecular weight excluding hydrogens is 212 g/mol. The quantitative estimate of drug-likeness (QED) is 0.713. The highest BCUT2D eigenvalue weighted by Crippen LogP contribution is 2.09. The highest BCUT2D eigenvalue weighted by Gasteiger charge is 1.97. The Balaban J connectivity index is 1.61. The number of hydrogen-bond acceptors (Lipinski definition) is 2. The van der Waals surface area contributed by atoms with Gasteiger partial charge in [-0.05, 0) is 24.8 Å². The molecule has 3 heteroatoms. The molecule has 0 N–H and O–H groups in total. The fourth-order valence-corrected chi connectivity index (χ4v) is 1.74. The van der Waals surface area contributed by atoms with E-state index >= 15 is 0 Å². The lowest BCUT2D eigenvalue weighted by Gasteiger charge is -2.03. The Kier molecular flexibility index (Phi) is 4.19. The summed E-state index contributed by atoms with van der Waals surface area (Å²) < 4.78 is 7.33. The largest absolute Gasteiger partial charge is 0.490 e. The van der Waals surface area contributed by atoms with Crippen molar-refractivity contribution in [2.75, 3.05) is 6.61 Å². The summed E-state index contributed by atoms with van der Waals surface area (Å²) in [6.45, 7) is 0.762. The van der Waals surface area contributed by atoms with Crippen molar-refractivity contribution in [2.45, 2.75) is 19.3 Å². The minimum Gasteiger partial charge on any atom is -0.490 e. The minimum absolute atomic E-state index is 0.762. The van der Waals surface area contributed by atoms with E-state index in [-0.39, 0.29) is 0 Å². The maximum absolute atomic E-state index is 5.58. The van der Waals surface area contributed by atoms with Crippen LogP contribution in [0.3, 0.4) is 0 Å². The number of ether oxygens (including phenoxy) is 1. The van der Waals surface area contributed by atoms with Gasteiger partial charge in [0.25, 0.3) is 0 Å². The topological polar surface area (TPSA) is 27.1 Å². The molecule has 0 aliphatic heterocycles. The van der Waals surface area contributed by atoms with Crippen LogP contribution >= 0.6 is 0 Å². The molecule has 1 aromatic carbocycles. The highest BCUT2D eigenvalue weighted by molar-refractivity contribution is 5.14. The van der Waals surface area contributed by atoms with Gasteiger partial charge in [-0.1, -0.05) is 30.3 Å². The third-order valence-corrected chi connectivity index (χ3v) is 2.65. The van der Waals surface area contributed by atoms with E-state index in [4.69, 9.17) is 4.74 Å². The first kappa shape index (κ1) is 11.7. The third-order valence-electron chi connectivity index (χ3n) is 2.65. The van der Waals surface area contributed by atoms with Crippen molar-refractivity contribution < 1.29 is 4.74 Å². The zero-order valence-electron chi connectivity index (χ0n) is 10.2. The lowest BCUT2D eigenvalue weighted by atomic mass is 10.1. The molecule has 0 bridgehead atoms. The maximum Gasteiger partial charge on any atom is 0.157 e. The van der Waals surface area contributed by atoms with Crippen LogP contribution in [0.25, 0.3) is 0 Å². The van der Waals surface area contributed by atoms with Gasteiger partial charge < -0.3 is 4.74 Å². The molecule has 0 fully saturated rings. The van der Waals surface area contributed by atoms with E-state index in [0.29, 0.717) is 0 Å². The molecule has 0 aliphatic rings. The summed E-state index contributed by atoms with van der Waals surface area (Å²) in [6, 6.07) is 10.6. The van der Waals surface area contributed by atoms with E-state index in [9.17, 15) is 0 Å². The molecule has 0 atom stereocenters. The van der Waals surface area contributed by atoms with Crippen molar-refractivity contribution in [3.05, 3.63) is 48.3 Å². The Morgan fingerprint density at radius 2 is 2.00 bits per heavy atom. The minimum atomic E-state index is 0.762. The van der Waals surface area contributed by atoms with Crippen LogP contribution in [0.15, 0.2) is 42.7 Å². The predicted octanol–water partition coefficient (Wildman–Crippen LogP) is 2.82. The standard InChI is InChI=1S/C14H18N2O/c1-16-12-14(11-15-16)17-10-6-5-9-13-7-3-2-4-8-13/h2-4,7-8,11-12H,5-6,9-10H2,1H3. The van der Waals surface area contributed by atoms with Gasteiger partial charge in [0.1, 0.15) is 0 Å². The number of aryl methyl sites for hydroxylation is 2. The van der Waals surface area contributed by atoms with Crippen molar-refractivity contribution in [3.63, 3.8) is 0 Å². The van der Waals surface area contributed by atoms with Crippen molar-refractivity contribution in [3.8, 4) is 5.75 Å². The monoisotopic (exact) mass is 230 g/mol. The predicted molar refractivity (Wildman–Crippen MR) is 68.1 cm³/mol. The molecule has 0 unspecified atom stereocenters. The van der Waals surface area contributed by atoms with Crippen LogP contribution < -0.4 is 4.74 Å². The normalized spacial score (nSPS) is 10.4. The molecule has 0 spiro atoms. The van der Waals surface area contributed by atoms with Gasteiger partial charge in [0.15, 0.2) is 5.75 Å². The second-order valence-electron chi connectivity index (χ2n) is 4.14. The average molecular weight is 230 g/mol. The summed E-state index contributed by atoms with van der Waals surface area (Å²) in [4.78, 5) is 0. The molecule has 17 heavy (non-hydrogen) atoms. The number of hydrogen-bond donors (Lipinski definition) is 0. The molecule has 1 heterocycles. The van der Waals surface area contributed by atoms with Crippen LogP contribution in [0.4, 0.5) is 0 Å². The van der Waals surface area contributed by atoms with Crippen LogP contribution in [0.5, 0.6) is 5.75 Å². The smallest absolute Gasteiger partial charge is 0.157 e. The van der Waals surface area contributed by atoms with Gasteiger partial charge in [-0.15, -0.1) is 0 Å². The van der Waals surface area contributed by atoms with Gasteiger partial charge in [0.05, 0.1) is 19.0 Å². The molecule has 2 rings (SSSR count). The molecule has 2 aromatic rings. The Labute approximate surface area is 102 Å². The first-order valence-corrected chi connectivity index (χ1v) is 6.00. The Hall–Kier alpha value is -1.77. The van der Waals surface area contributed by atoms with Crippen LogP contribution in [-0.2, 0) is 13.5 Å². The van der Waals surface area contributed by atoms with Gasteiger partial charge in [-0.3, -0.25) is 4.68 Å². The van der Waals surface area contributed by atoms with Gasteiger partial charge in [-0.2, -0.15) is 5.10 Å². The van der Waals surface area contributed by atoms with Crippen LogP contribution in [0, 0.1) is 0 Å². The number of unbranched alkanes of at least 4 members (excludes halogenated alkanes) is 1. The fraction of sp³-hybridized carbons (Fsp3) is 0.357. The summed E-state index contributed by atoms with van der Waals surface area (Å²) in [5.74, 6) is 0.854. The highest BCUT2D eigenvalue weighted by atomic mass is 16.5. The zero-order chi connectivity index (χ0) is 11.9. The first-order chi connectivity index (χ1) is 8.34. The average Bonchev–Trinajstić information content (AvgIpc) is 2.76. The van der Waals surface area contributed by atoms with Crippen LogP contribution in [-0.4, -0.2) is 16.4 Å². The molecule has 0 aliphatic carbocycles. The lowest BCUT2D eigenvalue weighted by molar-refractivity contribution is 0.306. The van der Waals surface area contributed by atoms with E-state index in [1.807, 2.05) is 13.2 Å². The van der Waals surface area contributed by atoms with E-state index in [1.165, 1.54) is 5.56 Å². The number of benzene rings is 1. The number of nitrogens with zero attached hydrogens (tertiary/aromatic N) is 2. The summed E-state index contributed by atoms with van der Waals surface area (Å²) in [7, 11) is 1.89. The molecule has 3 nitrogen and oxygen atoms in total. The zero-order valence-corrected chi connectivity index (χ0v) is 10.2. The Morgan fingerprint density at radius 1 is 1.18 bits per heavy atom. The molecule has 0 radical (unpaired) electrons. The van der Waals surface area contributed by atoms with Crippen LogP contribution in [0.2, 0.25) is 0 Å². The number of rotatable bonds is 6. The van der Waals surface area contributed by atoms with Gasteiger partial charge in [0.2, 0.25) is 0 Å². The van der Waals surface area contributed by atoms with Gasteiger partial charge >= 0.3 is 0 Å². The summed E-state index contributed by atoms with van der Waals surface area (Å²) in [6.07, 6.45) is 6.99. The number of aromatic nitrogens is 2. The second kappa shape index (κ2) is 6.09. The Morgan fingerprint density at radius 3 is 2.71 bits per heavy atom. The van der Waals surface area contributed by atoms with E-state index in [1.54, 1.807) is 10.9 Å². The lowest BCUT2D eigenvalue weighted by Crippen LogP contribution is -1.97. The first-order valence-electron chi connectivity index (χ1n) is 6.00. The Bertz CT molecular complexity index is 436. The van der Waals surface area contributed by atoms with Gasteiger partial charge in [-0.25, -0.2) is 0 Å². The second-order valence-corrected chi connectivity index (χ2v) is 4.14. The molecule has 0 saturated carbocycles. The van der Waals surface area contributed by atoms with E-state index < -0.39 is 0 Å². The van der Waals surface area contributed by atoms with Crippen LogP contribution in [0.1, 0.15) is 18.4 Å². The van der Waals surface area contributed by atoms with Crippen molar-refractivity contribution in [1.29, 1.82) is 0 Å². The third kappa shape index (κ3) is 3.94. The molecule has 0 amide bonds. The molecular formula is C14H18N2O.